The highest BCUT2D eigenvalue weighted by Gasteiger charge is 2.31. The van der Waals surface area contributed by atoms with Crippen LogP contribution in [0.15, 0.2) is 61.2 Å². The standard InChI is InChI=1S/C23H17F4N5O/c24-17-8-16(23(25,26)27)9-18(10-17)30-22(33)15-2-1-14-3-5-31(20(14)7-15)13-19-11-29-21-12-28-4-6-32(19)21/h1-2,4,6-12H,3,5,13H2,(H,30,33). The highest BCUT2D eigenvalue weighted by atomic mass is 19.4. The average Bonchev–Trinajstić information content (AvgIpc) is 3.37. The monoisotopic (exact) mass is 455 g/mol. The lowest BCUT2D eigenvalue weighted by Crippen LogP contribution is -2.21. The molecule has 0 atom stereocenters. The van der Waals surface area contributed by atoms with Gasteiger partial charge in [0.1, 0.15) is 5.82 Å². The number of hydrogen-bond acceptors (Lipinski definition) is 4. The van der Waals surface area contributed by atoms with Gasteiger partial charge >= 0.3 is 6.18 Å². The maximum Gasteiger partial charge on any atom is 0.416 e. The molecule has 168 valence electrons. The van der Waals surface area contributed by atoms with Gasteiger partial charge in [-0.2, -0.15) is 13.2 Å². The lowest BCUT2D eigenvalue weighted by atomic mass is 10.1. The summed E-state index contributed by atoms with van der Waals surface area (Å²) in [6.07, 6.45) is 3.02. The van der Waals surface area contributed by atoms with Crippen molar-refractivity contribution in [2.45, 2.75) is 19.1 Å². The van der Waals surface area contributed by atoms with Gasteiger partial charge in [0.05, 0.1) is 30.2 Å². The summed E-state index contributed by atoms with van der Waals surface area (Å²) >= 11 is 0. The van der Waals surface area contributed by atoms with E-state index in [4.69, 9.17) is 0 Å². The number of carbonyl (C=O) groups excluding carboxylic acids is 1. The van der Waals surface area contributed by atoms with Gasteiger partial charge in [-0.3, -0.25) is 14.2 Å². The lowest BCUT2D eigenvalue weighted by molar-refractivity contribution is -0.137. The van der Waals surface area contributed by atoms with Gasteiger partial charge in [-0.25, -0.2) is 9.37 Å². The summed E-state index contributed by atoms with van der Waals surface area (Å²) in [6, 6.07) is 7.09. The second kappa shape index (κ2) is 7.88. The Morgan fingerprint density at radius 1 is 1.12 bits per heavy atom. The predicted molar refractivity (Wildman–Crippen MR) is 114 cm³/mol. The smallest absolute Gasteiger partial charge is 0.365 e. The van der Waals surface area contributed by atoms with Gasteiger partial charge in [-0.15, -0.1) is 0 Å². The maximum atomic E-state index is 13.7. The highest BCUT2D eigenvalue weighted by Crippen LogP contribution is 2.33. The minimum Gasteiger partial charge on any atom is -0.365 e. The summed E-state index contributed by atoms with van der Waals surface area (Å²) in [5.74, 6) is -1.70. The van der Waals surface area contributed by atoms with Crippen LogP contribution in [0.3, 0.4) is 0 Å². The van der Waals surface area contributed by atoms with E-state index < -0.39 is 23.5 Å². The quantitative estimate of drug-likeness (QED) is 0.453. The number of alkyl halides is 3. The number of amides is 1. The van der Waals surface area contributed by atoms with Gasteiger partial charge in [-0.1, -0.05) is 6.07 Å². The predicted octanol–water partition coefficient (Wildman–Crippen LogP) is 4.70. The molecule has 0 saturated heterocycles. The molecule has 0 radical (unpaired) electrons. The summed E-state index contributed by atoms with van der Waals surface area (Å²) in [5, 5.41) is 2.37. The van der Waals surface area contributed by atoms with Crippen molar-refractivity contribution in [2.75, 3.05) is 16.8 Å². The van der Waals surface area contributed by atoms with Crippen molar-refractivity contribution in [3.05, 3.63) is 89.4 Å². The molecule has 0 saturated carbocycles. The zero-order chi connectivity index (χ0) is 23.2. The van der Waals surface area contributed by atoms with Crippen molar-refractivity contribution >= 4 is 22.9 Å². The fourth-order valence-corrected chi connectivity index (χ4v) is 3.99. The number of halogens is 4. The zero-order valence-electron chi connectivity index (χ0n) is 17.1. The van der Waals surface area contributed by atoms with Crippen molar-refractivity contribution in [3.8, 4) is 0 Å². The summed E-state index contributed by atoms with van der Waals surface area (Å²) in [4.78, 5) is 23.2. The first-order valence-electron chi connectivity index (χ1n) is 10.1. The van der Waals surface area contributed by atoms with E-state index in [2.05, 4.69) is 20.2 Å². The number of rotatable bonds is 4. The van der Waals surface area contributed by atoms with Crippen molar-refractivity contribution < 1.29 is 22.4 Å². The third-order valence-corrected chi connectivity index (χ3v) is 5.57. The lowest BCUT2D eigenvalue weighted by Gasteiger charge is -2.19. The van der Waals surface area contributed by atoms with Crippen molar-refractivity contribution in [3.63, 3.8) is 0 Å². The molecule has 2 aromatic heterocycles. The number of benzene rings is 2. The van der Waals surface area contributed by atoms with Crippen LogP contribution in [0.4, 0.5) is 28.9 Å². The Balaban J connectivity index is 1.38. The van der Waals surface area contributed by atoms with Crippen LogP contribution in [0.1, 0.15) is 27.2 Å². The molecule has 5 rings (SSSR count). The summed E-state index contributed by atoms with van der Waals surface area (Å²) in [6.45, 7) is 1.31. The van der Waals surface area contributed by atoms with Gasteiger partial charge in [0.15, 0.2) is 5.65 Å². The zero-order valence-corrected chi connectivity index (χ0v) is 17.1. The molecule has 1 N–H and O–H groups in total. The number of imidazole rings is 1. The van der Waals surface area contributed by atoms with E-state index in [-0.39, 0.29) is 11.3 Å². The Kier molecular flexibility index (Phi) is 4.99. The molecule has 6 nitrogen and oxygen atoms in total. The van der Waals surface area contributed by atoms with Gasteiger partial charge < -0.3 is 10.2 Å². The van der Waals surface area contributed by atoms with E-state index in [0.29, 0.717) is 18.7 Å². The van der Waals surface area contributed by atoms with Gasteiger partial charge in [0.25, 0.3) is 5.91 Å². The van der Waals surface area contributed by atoms with Crippen molar-refractivity contribution in [1.82, 2.24) is 14.4 Å². The van der Waals surface area contributed by atoms with E-state index >= 15 is 0 Å². The van der Waals surface area contributed by atoms with Crippen LogP contribution in [-0.2, 0) is 19.1 Å². The van der Waals surface area contributed by atoms with E-state index in [9.17, 15) is 22.4 Å². The van der Waals surface area contributed by atoms with Gasteiger partial charge in [-0.05, 0) is 42.3 Å². The molecular formula is C23H17F4N5O. The molecule has 2 aromatic carbocycles. The first-order chi connectivity index (χ1) is 15.8. The second-order valence-electron chi connectivity index (χ2n) is 7.75. The topological polar surface area (TPSA) is 62.5 Å². The van der Waals surface area contributed by atoms with Crippen LogP contribution in [-0.4, -0.2) is 26.8 Å². The Morgan fingerprint density at radius 2 is 1.97 bits per heavy atom. The molecule has 10 heteroatoms. The van der Waals surface area contributed by atoms with Crippen LogP contribution in [0.5, 0.6) is 0 Å². The second-order valence-corrected chi connectivity index (χ2v) is 7.75. The SMILES string of the molecule is O=C(Nc1cc(F)cc(C(F)(F)F)c1)c1ccc2c(c1)N(Cc1cnc3cnccn13)CC2. The number of nitrogens with one attached hydrogen (secondary N) is 1. The fraction of sp³-hybridized carbons (Fsp3) is 0.174. The van der Waals surface area contributed by atoms with Crippen LogP contribution in [0.2, 0.25) is 0 Å². The van der Waals surface area contributed by atoms with Crippen molar-refractivity contribution in [2.24, 2.45) is 0 Å². The number of fused-ring (bicyclic) bond motifs is 2. The number of aromatic nitrogens is 3. The van der Waals surface area contributed by atoms with Crippen molar-refractivity contribution in [1.29, 1.82) is 0 Å². The number of anilines is 2. The van der Waals surface area contributed by atoms with Gasteiger partial charge in [0, 0.05) is 35.9 Å². The van der Waals surface area contributed by atoms with E-state index in [1.54, 1.807) is 30.7 Å². The molecule has 0 bridgehead atoms. The molecule has 0 unspecified atom stereocenters. The Bertz CT molecular complexity index is 1360. The van der Waals surface area contributed by atoms with E-state index in [1.165, 1.54) is 0 Å². The van der Waals surface area contributed by atoms with Gasteiger partial charge in [0.2, 0.25) is 0 Å². The normalized spacial score (nSPS) is 13.4. The molecule has 0 fully saturated rings. The molecule has 3 heterocycles. The molecule has 0 spiro atoms. The number of nitrogens with zero attached hydrogens (tertiary/aromatic N) is 4. The maximum absolute atomic E-state index is 13.7. The molecule has 4 aromatic rings. The minimum absolute atomic E-state index is 0.260. The third-order valence-electron chi connectivity index (χ3n) is 5.57. The Morgan fingerprint density at radius 3 is 2.79 bits per heavy atom. The van der Waals surface area contributed by atoms with Crippen LogP contribution < -0.4 is 10.2 Å². The fourth-order valence-electron chi connectivity index (χ4n) is 3.99. The average molecular weight is 455 g/mol. The Hall–Kier alpha value is -3.95. The molecule has 1 aliphatic heterocycles. The molecular weight excluding hydrogens is 438 g/mol. The van der Waals surface area contributed by atoms with Crippen LogP contribution in [0, 0.1) is 5.82 Å². The largest absolute Gasteiger partial charge is 0.416 e. The summed E-state index contributed by atoms with van der Waals surface area (Å²) in [5.41, 5.74) is 2.45. The molecule has 33 heavy (non-hydrogen) atoms. The minimum atomic E-state index is -4.72. The first-order valence-corrected chi connectivity index (χ1v) is 10.1. The number of hydrogen-bond donors (Lipinski definition) is 1. The third kappa shape index (κ3) is 4.11. The van der Waals surface area contributed by atoms with E-state index in [0.717, 1.165) is 41.6 Å². The van der Waals surface area contributed by atoms with Crippen LogP contribution in [0.25, 0.3) is 5.65 Å². The summed E-state index contributed by atoms with van der Waals surface area (Å²) < 4.78 is 54.5. The molecule has 0 aliphatic carbocycles. The Labute approximate surface area is 185 Å². The number of carbonyl (C=O) groups is 1. The summed E-state index contributed by atoms with van der Waals surface area (Å²) in [7, 11) is 0. The van der Waals surface area contributed by atoms with E-state index in [1.807, 2.05) is 16.7 Å². The molecule has 1 amide bonds. The first kappa shape index (κ1) is 20.9. The molecule has 1 aliphatic rings. The highest BCUT2D eigenvalue weighted by molar-refractivity contribution is 6.05. The van der Waals surface area contributed by atoms with Crippen LogP contribution >= 0.6 is 0 Å².